The number of anilines is 2. The molecule has 6 rings (SSSR count). The smallest absolute Gasteiger partial charge is 0.355 e. The van der Waals surface area contributed by atoms with Gasteiger partial charge in [0.2, 0.25) is 5.03 Å². The van der Waals surface area contributed by atoms with Crippen molar-refractivity contribution in [2.75, 3.05) is 18.4 Å². The van der Waals surface area contributed by atoms with Crippen LogP contribution in [0.1, 0.15) is 33.7 Å². The molecule has 0 spiro atoms. The van der Waals surface area contributed by atoms with Crippen molar-refractivity contribution >= 4 is 27.6 Å². The summed E-state index contributed by atoms with van der Waals surface area (Å²) in [6.45, 7) is 1.97. The molecule has 2 aliphatic rings. The standard InChI is InChI=1S/C29H26F4N6O2S/c1-17-10-25(36-22-8-6-21(30)7-9-22)19(13-34)12-23(17)28-16-39(42(40,41)26-14-35-38(2)37-26)15-24(28)27(28)18-4-3-5-20(11-18)29(31,32)33/h3-14,24,27,34,36H,15-16H2,1-2H3/t24-,27+,28+/m1/s1. The minimum Gasteiger partial charge on any atom is -0.355 e. The zero-order valence-electron chi connectivity index (χ0n) is 22.5. The summed E-state index contributed by atoms with van der Waals surface area (Å²) in [5.41, 5.74) is 2.13. The molecule has 1 aliphatic heterocycles. The average Bonchev–Trinajstić information content (AvgIpc) is 3.20. The van der Waals surface area contributed by atoms with Crippen LogP contribution in [-0.2, 0) is 28.7 Å². The third-order valence-corrected chi connectivity index (χ3v) is 9.95. The number of aromatic nitrogens is 3. The molecule has 2 N–H and O–H groups in total. The van der Waals surface area contributed by atoms with Crippen molar-refractivity contribution in [2.24, 2.45) is 13.0 Å². The third-order valence-electron chi connectivity index (χ3n) is 8.28. The van der Waals surface area contributed by atoms with Crippen molar-refractivity contribution in [3.8, 4) is 0 Å². The van der Waals surface area contributed by atoms with Gasteiger partial charge in [-0.3, -0.25) is 0 Å². The van der Waals surface area contributed by atoms with Gasteiger partial charge in [-0.15, -0.1) is 5.10 Å². The molecule has 0 unspecified atom stereocenters. The van der Waals surface area contributed by atoms with Crippen LogP contribution in [0.15, 0.2) is 71.9 Å². The molecule has 4 aromatic rings. The van der Waals surface area contributed by atoms with Crippen molar-refractivity contribution in [2.45, 2.75) is 29.5 Å². The van der Waals surface area contributed by atoms with Crippen LogP contribution in [0.4, 0.5) is 28.9 Å². The Hall–Kier alpha value is -4.10. The zero-order chi connectivity index (χ0) is 30.0. The van der Waals surface area contributed by atoms with E-state index in [1.54, 1.807) is 24.3 Å². The highest BCUT2D eigenvalue weighted by molar-refractivity contribution is 7.89. The molecule has 1 aliphatic carbocycles. The Bertz CT molecular complexity index is 1810. The van der Waals surface area contributed by atoms with Crippen molar-refractivity contribution in [1.82, 2.24) is 19.3 Å². The van der Waals surface area contributed by atoms with Gasteiger partial charge in [-0.2, -0.15) is 27.4 Å². The fourth-order valence-electron chi connectivity index (χ4n) is 6.37. The number of rotatable bonds is 7. The number of piperidine rings is 1. The minimum absolute atomic E-state index is 0.0283. The highest BCUT2D eigenvalue weighted by atomic mass is 32.2. The van der Waals surface area contributed by atoms with E-state index in [1.807, 2.05) is 13.0 Å². The number of halogens is 4. The molecular weight excluding hydrogens is 572 g/mol. The molecule has 218 valence electrons. The Labute approximate surface area is 239 Å². The minimum atomic E-state index is -4.52. The van der Waals surface area contributed by atoms with E-state index >= 15 is 0 Å². The fraction of sp³-hybridized carbons (Fsp3) is 0.276. The summed E-state index contributed by atoms with van der Waals surface area (Å²) < 4.78 is 82.6. The Morgan fingerprint density at radius 3 is 2.50 bits per heavy atom. The van der Waals surface area contributed by atoms with Gasteiger partial charge in [0.1, 0.15) is 5.82 Å². The molecule has 0 amide bonds. The van der Waals surface area contributed by atoms with Crippen LogP contribution in [0.2, 0.25) is 0 Å². The lowest BCUT2D eigenvalue weighted by Gasteiger charge is -2.25. The molecule has 42 heavy (non-hydrogen) atoms. The normalized spacial score (nSPS) is 22.1. The molecule has 2 heterocycles. The predicted molar refractivity (Wildman–Crippen MR) is 148 cm³/mol. The number of nitrogens with zero attached hydrogens (tertiary/aromatic N) is 4. The quantitative estimate of drug-likeness (QED) is 0.220. The van der Waals surface area contributed by atoms with Crippen LogP contribution in [0.3, 0.4) is 0 Å². The van der Waals surface area contributed by atoms with Crippen molar-refractivity contribution in [3.63, 3.8) is 0 Å². The Morgan fingerprint density at radius 1 is 1.12 bits per heavy atom. The number of alkyl halides is 3. The third kappa shape index (κ3) is 4.56. The second-order valence-corrected chi connectivity index (χ2v) is 12.6. The molecule has 2 fully saturated rings. The van der Waals surface area contributed by atoms with Gasteiger partial charge in [0, 0.05) is 54.6 Å². The van der Waals surface area contributed by atoms with Crippen molar-refractivity contribution < 1.29 is 26.0 Å². The molecular formula is C29H26F4N6O2S. The summed E-state index contributed by atoms with van der Waals surface area (Å²) in [6.07, 6.45) is -2.19. The van der Waals surface area contributed by atoms with E-state index in [0.29, 0.717) is 22.5 Å². The number of benzene rings is 3. The van der Waals surface area contributed by atoms with Gasteiger partial charge in [0.15, 0.2) is 0 Å². The first-order valence-corrected chi connectivity index (χ1v) is 14.5. The first-order chi connectivity index (χ1) is 19.8. The van der Waals surface area contributed by atoms with Gasteiger partial charge in [-0.05, 0) is 72.0 Å². The number of nitrogens with one attached hydrogen (secondary N) is 2. The monoisotopic (exact) mass is 598 g/mol. The van der Waals surface area contributed by atoms with Crippen LogP contribution >= 0.6 is 0 Å². The first-order valence-electron chi connectivity index (χ1n) is 13.1. The summed E-state index contributed by atoms with van der Waals surface area (Å²) in [6, 6.07) is 14.6. The second-order valence-electron chi connectivity index (χ2n) is 10.7. The average molecular weight is 599 g/mol. The number of fused-ring (bicyclic) bond motifs is 1. The summed E-state index contributed by atoms with van der Waals surface area (Å²) in [7, 11) is -2.50. The summed E-state index contributed by atoms with van der Waals surface area (Å²) >= 11 is 0. The number of aryl methyl sites for hydroxylation is 2. The van der Waals surface area contributed by atoms with Crippen LogP contribution in [0.5, 0.6) is 0 Å². The first kappa shape index (κ1) is 28.0. The highest BCUT2D eigenvalue weighted by Crippen LogP contribution is 2.70. The maximum absolute atomic E-state index is 13.6. The van der Waals surface area contributed by atoms with Gasteiger partial charge in [0.05, 0.1) is 11.8 Å². The number of sulfonamides is 1. The largest absolute Gasteiger partial charge is 0.416 e. The van der Waals surface area contributed by atoms with Crippen LogP contribution in [0.25, 0.3) is 0 Å². The van der Waals surface area contributed by atoms with Gasteiger partial charge in [-0.1, -0.05) is 18.2 Å². The van der Waals surface area contributed by atoms with E-state index in [0.717, 1.165) is 34.3 Å². The molecule has 1 saturated carbocycles. The summed E-state index contributed by atoms with van der Waals surface area (Å²) in [5.74, 6) is -1.07. The maximum atomic E-state index is 13.6. The van der Waals surface area contributed by atoms with E-state index in [-0.39, 0.29) is 35.8 Å². The van der Waals surface area contributed by atoms with Gasteiger partial charge in [0.25, 0.3) is 10.0 Å². The Balaban J connectivity index is 1.43. The molecule has 1 saturated heterocycles. The van der Waals surface area contributed by atoms with Crippen LogP contribution < -0.4 is 5.32 Å². The lowest BCUT2D eigenvalue weighted by molar-refractivity contribution is -0.137. The molecule has 13 heteroatoms. The van der Waals surface area contributed by atoms with Crippen LogP contribution in [0, 0.1) is 24.1 Å². The van der Waals surface area contributed by atoms with Gasteiger partial charge in [-0.25, -0.2) is 12.8 Å². The zero-order valence-corrected chi connectivity index (χ0v) is 23.3. The maximum Gasteiger partial charge on any atom is 0.416 e. The Morgan fingerprint density at radius 2 is 1.86 bits per heavy atom. The predicted octanol–water partition coefficient (Wildman–Crippen LogP) is 5.38. The van der Waals surface area contributed by atoms with Gasteiger partial charge < -0.3 is 10.7 Å². The topological polar surface area (TPSA) is 104 Å². The molecule has 3 atom stereocenters. The van der Waals surface area contributed by atoms with Crippen LogP contribution in [-0.4, -0.2) is 47.0 Å². The van der Waals surface area contributed by atoms with E-state index in [4.69, 9.17) is 5.41 Å². The van der Waals surface area contributed by atoms with Gasteiger partial charge >= 0.3 is 6.18 Å². The molecule has 8 nitrogen and oxygen atoms in total. The highest BCUT2D eigenvalue weighted by Gasteiger charge is 2.72. The number of hydrogen-bond donors (Lipinski definition) is 2. The SMILES string of the molecule is Cc1cc(Nc2ccc(F)cc2)c(C=N)cc1[C@@]12CN(S(=O)(=O)c3cnn(C)n3)C[C@@H]1[C@@H]2c1cccc(C(F)(F)F)c1. The lowest BCUT2D eigenvalue weighted by Crippen LogP contribution is -2.35. The van der Waals surface area contributed by atoms with Crippen molar-refractivity contribution in [1.29, 1.82) is 5.41 Å². The summed E-state index contributed by atoms with van der Waals surface area (Å²) in [4.78, 5) is 1.15. The molecule has 3 aromatic carbocycles. The fourth-order valence-corrected chi connectivity index (χ4v) is 7.78. The second kappa shape index (κ2) is 9.73. The van der Waals surface area contributed by atoms with E-state index in [1.165, 1.54) is 35.7 Å². The lowest BCUT2D eigenvalue weighted by atomic mass is 9.85. The van der Waals surface area contributed by atoms with Crippen molar-refractivity contribution in [3.05, 3.63) is 100 Å². The molecule has 0 radical (unpaired) electrons. The summed E-state index contributed by atoms with van der Waals surface area (Å²) in [5, 5.41) is 18.9. The molecule has 0 bridgehead atoms. The van der Waals surface area contributed by atoms with E-state index in [2.05, 4.69) is 15.5 Å². The van der Waals surface area contributed by atoms with E-state index in [9.17, 15) is 26.0 Å². The van der Waals surface area contributed by atoms with E-state index < -0.39 is 27.2 Å². The molecule has 1 aromatic heterocycles. The number of hydrogen-bond acceptors (Lipinski definition) is 6. The Kier molecular flexibility index (Phi) is 6.50.